The van der Waals surface area contributed by atoms with Crippen LogP contribution in [0, 0.1) is 6.92 Å². The molecule has 0 bridgehead atoms. The van der Waals surface area contributed by atoms with Crippen molar-refractivity contribution in [2.75, 3.05) is 16.0 Å². The van der Waals surface area contributed by atoms with E-state index >= 15 is 0 Å². The summed E-state index contributed by atoms with van der Waals surface area (Å²) in [6, 6.07) is 16.0. The molecule has 0 atom stereocenters. The topological polar surface area (TPSA) is 108 Å². The van der Waals surface area contributed by atoms with Crippen molar-refractivity contribution < 1.29 is 4.79 Å². The normalized spacial score (nSPS) is 13.0. The number of carbonyl (C=O) groups is 1. The molecule has 8 heteroatoms. The van der Waals surface area contributed by atoms with Crippen LogP contribution < -0.4 is 16.0 Å². The maximum Gasteiger partial charge on any atom is 0.247 e. The SMILES string of the molecule is C=CC(=O)Nc1ccc(-c2nc(Nc3cc(C)[nH]n3)c3ccc(NC4CC4)cc3n2)cc1. The molecule has 160 valence electrons. The minimum atomic E-state index is -0.254. The molecule has 0 radical (unpaired) electrons. The molecule has 4 aromatic rings. The summed E-state index contributed by atoms with van der Waals surface area (Å²) in [5.74, 6) is 1.70. The van der Waals surface area contributed by atoms with Crippen LogP contribution in [0.1, 0.15) is 18.5 Å². The summed E-state index contributed by atoms with van der Waals surface area (Å²) in [5, 5.41) is 17.7. The summed E-state index contributed by atoms with van der Waals surface area (Å²) in [5.41, 5.74) is 4.36. The second kappa shape index (κ2) is 8.14. The fourth-order valence-corrected chi connectivity index (χ4v) is 3.41. The number of rotatable bonds is 7. The van der Waals surface area contributed by atoms with Crippen LogP contribution in [-0.2, 0) is 4.79 Å². The number of aryl methyl sites for hydroxylation is 1. The van der Waals surface area contributed by atoms with Crippen molar-refractivity contribution in [1.82, 2.24) is 20.2 Å². The van der Waals surface area contributed by atoms with E-state index in [9.17, 15) is 4.79 Å². The van der Waals surface area contributed by atoms with Crippen molar-refractivity contribution in [3.63, 3.8) is 0 Å². The molecule has 1 amide bonds. The highest BCUT2D eigenvalue weighted by atomic mass is 16.1. The van der Waals surface area contributed by atoms with Crippen LogP contribution in [0.25, 0.3) is 22.3 Å². The van der Waals surface area contributed by atoms with Crippen LogP contribution >= 0.6 is 0 Å². The Balaban J connectivity index is 1.54. The highest BCUT2D eigenvalue weighted by molar-refractivity contribution is 5.99. The fourth-order valence-electron chi connectivity index (χ4n) is 3.41. The number of anilines is 4. The molecule has 32 heavy (non-hydrogen) atoms. The summed E-state index contributed by atoms with van der Waals surface area (Å²) in [4.78, 5) is 21.1. The van der Waals surface area contributed by atoms with Crippen molar-refractivity contribution in [3.05, 3.63) is 66.9 Å². The van der Waals surface area contributed by atoms with Gasteiger partial charge in [-0.15, -0.1) is 0 Å². The second-order valence-electron chi connectivity index (χ2n) is 7.88. The van der Waals surface area contributed by atoms with Crippen LogP contribution in [0.2, 0.25) is 0 Å². The third-order valence-electron chi connectivity index (χ3n) is 5.19. The third kappa shape index (κ3) is 4.29. The van der Waals surface area contributed by atoms with E-state index in [0.29, 0.717) is 29.2 Å². The molecule has 0 aliphatic heterocycles. The van der Waals surface area contributed by atoms with Crippen molar-refractivity contribution in [3.8, 4) is 11.4 Å². The summed E-state index contributed by atoms with van der Waals surface area (Å²) in [7, 11) is 0. The first-order chi connectivity index (χ1) is 15.6. The number of fused-ring (bicyclic) bond motifs is 1. The molecule has 0 saturated heterocycles. The van der Waals surface area contributed by atoms with Gasteiger partial charge in [0, 0.05) is 40.1 Å². The Bertz CT molecular complexity index is 1310. The average Bonchev–Trinajstić information content (AvgIpc) is 3.52. The largest absolute Gasteiger partial charge is 0.382 e. The first kappa shape index (κ1) is 19.7. The molecule has 0 spiro atoms. The van der Waals surface area contributed by atoms with Crippen LogP contribution in [0.15, 0.2) is 61.2 Å². The lowest BCUT2D eigenvalue weighted by atomic mass is 10.1. The highest BCUT2D eigenvalue weighted by Crippen LogP contribution is 2.31. The predicted octanol–water partition coefficient (Wildman–Crippen LogP) is 4.77. The van der Waals surface area contributed by atoms with E-state index in [4.69, 9.17) is 9.97 Å². The van der Waals surface area contributed by atoms with Crippen molar-refractivity contribution in [2.45, 2.75) is 25.8 Å². The fraction of sp³-hybridized carbons (Fsp3) is 0.167. The molecule has 2 aromatic carbocycles. The van der Waals surface area contributed by atoms with Crippen molar-refractivity contribution in [1.29, 1.82) is 0 Å². The molecule has 5 rings (SSSR count). The van der Waals surface area contributed by atoms with E-state index in [1.165, 1.54) is 18.9 Å². The van der Waals surface area contributed by atoms with Crippen LogP contribution in [0.5, 0.6) is 0 Å². The number of hydrogen-bond acceptors (Lipinski definition) is 6. The number of nitrogens with zero attached hydrogens (tertiary/aromatic N) is 3. The molecule has 2 heterocycles. The van der Waals surface area contributed by atoms with Gasteiger partial charge in [0.1, 0.15) is 5.82 Å². The Morgan fingerprint density at radius 2 is 1.88 bits per heavy atom. The number of aromatic amines is 1. The Kier molecular flexibility index (Phi) is 5.03. The predicted molar refractivity (Wildman–Crippen MR) is 127 cm³/mol. The highest BCUT2D eigenvalue weighted by Gasteiger charge is 2.21. The molecule has 1 fully saturated rings. The number of aromatic nitrogens is 4. The maximum absolute atomic E-state index is 11.5. The number of hydrogen-bond donors (Lipinski definition) is 4. The quantitative estimate of drug-likeness (QED) is 0.318. The van der Waals surface area contributed by atoms with Gasteiger partial charge < -0.3 is 16.0 Å². The van der Waals surface area contributed by atoms with Crippen molar-refractivity contribution in [2.24, 2.45) is 0 Å². The zero-order chi connectivity index (χ0) is 22.1. The number of amides is 1. The van der Waals surface area contributed by atoms with E-state index in [1.807, 2.05) is 43.3 Å². The van der Waals surface area contributed by atoms with Gasteiger partial charge in [0.05, 0.1) is 5.52 Å². The molecule has 1 aliphatic rings. The molecular weight excluding hydrogens is 402 g/mol. The summed E-state index contributed by atoms with van der Waals surface area (Å²) < 4.78 is 0. The third-order valence-corrected chi connectivity index (χ3v) is 5.19. The van der Waals surface area contributed by atoms with E-state index in [0.717, 1.165) is 27.8 Å². The number of benzene rings is 2. The molecule has 1 aliphatic carbocycles. The van der Waals surface area contributed by atoms with Gasteiger partial charge in [-0.2, -0.15) is 5.10 Å². The summed E-state index contributed by atoms with van der Waals surface area (Å²) in [6.45, 7) is 5.42. The van der Waals surface area contributed by atoms with Crippen LogP contribution in [0.3, 0.4) is 0 Å². The Morgan fingerprint density at radius 3 is 2.56 bits per heavy atom. The standard InChI is InChI=1S/C24H23N7O/c1-3-22(32)26-17-6-4-15(5-7-17)23-27-20-13-18(25-16-8-9-16)10-11-19(20)24(29-23)28-21-12-14(2)30-31-21/h3-7,10-13,16,25H,1,8-9H2,2H3,(H,26,32)(H2,27,28,29,30,31). The minimum Gasteiger partial charge on any atom is -0.382 e. The van der Waals surface area contributed by atoms with Gasteiger partial charge in [0.25, 0.3) is 0 Å². The van der Waals surface area contributed by atoms with Crippen molar-refractivity contribution >= 4 is 39.8 Å². The van der Waals surface area contributed by atoms with Gasteiger partial charge in [-0.3, -0.25) is 9.89 Å². The van der Waals surface area contributed by atoms with Crippen LogP contribution in [-0.4, -0.2) is 32.1 Å². The van der Waals surface area contributed by atoms with E-state index in [-0.39, 0.29) is 5.91 Å². The van der Waals surface area contributed by atoms with E-state index in [2.05, 4.69) is 44.9 Å². The smallest absolute Gasteiger partial charge is 0.247 e. The molecular formula is C24H23N7O. The zero-order valence-corrected chi connectivity index (χ0v) is 17.6. The Morgan fingerprint density at radius 1 is 1.09 bits per heavy atom. The van der Waals surface area contributed by atoms with Gasteiger partial charge >= 0.3 is 0 Å². The van der Waals surface area contributed by atoms with Gasteiger partial charge in [0.2, 0.25) is 5.91 Å². The molecule has 4 N–H and O–H groups in total. The number of carbonyl (C=O) groups excluding carboxylic acids is 1. The lowest BCUT2D eigenvalue weighted by molar-refractivity contribution is -0.111. The lowest BCUT2D eigenvalue weighted by Gasteiger charge is -2.12. The first-order valence-corrected chi connectivity index (χ1v) is 10.5. The molecule has 1 saturated carbocycles. The number of H-pyrrole nitrogens is 1. The van der Waals surface area contributed by atoms with Gasteiger partial charge in [-0.1, -0.05) is 6.58 Å². The lowest BCUT2D eigenvalue weighted by Crippen LogP contribution is -2.07. The van der Waals surface area contributed by atoms with Gasteiger partial charge in [0.15, 0.2) is 11.6 Å². The molecule has 8 nitrogen and oxygen atoms in total. The maximum atomic E-state index is 11.5. The zero-order valence-electron chi connectivity index (χ0n) is 17.6. The first-order valence-electron chi connectivity index (χ1n) is 10.5. The Hall–Kier alpha value is -4.20. The monoisotopic (exact) mass is 425 g/mol. The minimum absolute atomic E-state index is 0.254. The van der Waals surface area contributed by atoms with E-state index in [1.54, 1.807) is 0 Å². The Labute approximate surface area is 185 Å². The van der Waals surface area contributed by atoms with Gasteiger partial charge in [-0.25, -0.2) is 9.97 Å². The summed E-state index contributed by atoms with van der Waals surface area (Å²) >= 11 is 0. The molecule has 0 unspecified atom stereocenters. The van der Waals surface area contributed by atoms with Gasteiger partial charge in [-0.05, 0) is 68.3 Å². The van der Waals surface area contributed by atoms with E-state index < -0.39 is 0 Å². The van der Waals surface area contributed by atoms with Crippen LogP contribution in [0.4, 0.5) is 23.0 Å². The molecule has 2 aromatic heterocycles. The average molecular weight is 425 g/mol. The number of nitrogens with one attached hydrogen (secondary N) is 4. The second-order valence-corrected chi connectivity index (χ2v) is 7.88. The summed E-state index contributed by atoms with van der Waals surface area (Å²) in [6.07, 6.45) is 3.64.